The molecule has 4 rings (SSSR count). The lowest BCUT2D eigenvalue weighted by Crippen LogP contribution is -2.20. The Morgan fingerprint density at radius 3 is 2.79 bits per heavy atom. The second-order valence-electron chi connectivity index (χ2n) is 5.68. The van der Waals surface area contributed by atoms with E-state index >= 15 is 0 Å². The van der Waals surface area contributed by atoms with Gasteiger partial charge in [-0.15, -0.1) is 0 Å². The van der Waals surface area contributed by atoms with E-state index in [1.807, 2.05) is 6.08 Å². The molecule has 4 nitrogen and oxygen atoms in total. The molecule has 0 saturated heterocycles. The SMILES string of the molecule is O=c1c2ccc(Cl)cc2nc2n1CCC2=Cc1ccc(O)c(Cl)c1. The van der Waals surface area contributed by atoms with Crippen LogP contribution in [-0.2, 0) is 6.54 Å². The van der Waals surface area contributed by atoms with E-state index < -0.39 is 0 Å². The van der Waals surface area contributed by atoms with Crippen molar-refractivity contribution < 1.29 is 5.11 Å². The summed E-state index contributed by atoms with van der Waals surface area (Å²) in [7, 11) is 0. The molecule has 0 fully saturated rings. The van der Waals surface area contributed by atoms with Gasteiger partial charge in [-0.2, -0.15) is 0 Å². The van der Waals surface area contributed by atoms with Gasteiger partial charge in [0.1, 0.15) is 11.6 Å². The summed E-state index contributed by atoms with van der Waals surface area (Å²) in [6, 6.07) is 10.1. The Morgan fingerprint density at radius 2 is 2.00 bits per heavy atom. The van der Waals surface area contributed by atoms with Crippen LogP contribution in [0.5, 0.6) is 5.75 Å². The fraction of sp³-hybridized carbons (Fsp3) is 0.111. The highest BCUT2D eigenvalue weighted by Crippen LogP contribution is 2.30. The zero-order valence-electron chi connectivity index (χ0n) is 12.5. The molecule has 6 heteroatoms. The van der Waals surface area contributed by atoms with Crippen molar-refractivity contribution in [1.29, 1.82) is 0 Å². The predicted molar refractivity (Wildman–Crippen MR) is 96.6 cm³/mol. The molecule has 0 saturated carbocycles. The summed E-state index contributed by atoms with van der Waals surface area (Å²) >= 11 is 12.0. The van der Waals surface area contributed by atoms with Gasteiger partial charge < -0.3 is 5.11 Å². The Bertz CT molecular complexity index is 1070. The molecule has 0 atom stereocenters. The molecule has 2 heterocycles. The zero-order valence-corrected chi connectivity index (χ0v) is 14.0. The molecule has 1 N–H and O–H groups in total. The summed E-state index contributed by atoms with van der Waals surface area (Å²) in [5, 5.41) is 10.9. The summed E-state index contributed by atoms with van der Waals surface area (Å²) in [6.07, 6.45) is 2.65. The first-order valence-electron chi connectivity index (χ1n) is 7.42. The number of benzene rings is 2. The minimum Gasteiger partial charge on any atom is -0.506 e. The van der Waals surface area contributed by atoms with E-state index in [0.717, 1.165) is 11.1 Å². The molecular weight excluding hydrogens is 347 g/mol. The Hall–Kier alpha value is -2.30. The van der Waals surface area contributed by atoms with Crippen LogP contribution in [0.3, 0.4) is 0 Å². The molecule has 0 spiro atoms. The molecule has 3 aromatic rings. The van der Waals surface area contributed by atoms with Crippen molar-refractivity contribution in [1.82, 2.24) is 9.55 Å². The Balaban J connectivity index is 1.89. The molecular formula is C18H12Cl2N2O2. The second kappa shape index (κ2) is 5.65. The minimum atomic E-state index is -0.0567. The van der Waals surface area contributed by atoms with Crippen molar-refractivity contribution in [2.45, 2.75) is 13.0 Å². The maximum atomic E-state index is 12.6. The zero-order chi connectivity index (χ0) is 16.8. The van der Waals surface area contributed by atoms with E-state index in [1.165, 1.54) is 0 Å². The third kappa shape index (κ3) is 2.48. The third-order valence-electron chi connectivity index (χ3n) is 4.12. The van der Waals surface area contributed by atoms with Crippen molar-refractivity contribution in [2.24, 2.45) is 0 Å². The molecule has 24 heavy (non-hydrogen) atoms. The number of phenolic OH excluding ortho intramolecular Hbond substituents is 1. The number of nitrogens with zero attached hydrogens (tertiary/aromatic N) is 2. The number of hydrogen-bond acceptors (Lipinski definition) is 3. The fourth-order valence-electron chi connectivity index (χ4n) is 2.94. The average Bonchev–Trinajstić information content (AvgIpc) is 2.94. The number of fused-ring (bicyclic) bond motifs is 2. The average molecular weight is 359 g/mol. The Labute approximate surface area is 147 Å². The molecule has 1 aliphatic heterocycles. The molecule has 0 radical (unpaired) electrons. The molecule has 0 aliphatic carbocycles. The lowest BCUT2D eigenvalue weighted by atomic mass is 10.1. The van der Waals surface area contributed by atoms with Crippen LogP contribution in [-0.4, -0.2) is 14.7 Å². The molecule has 2 aromatic carbocycles. The van der Waals surface area contributed by atoms with Gasteiger partial charge in [0.25, 0.3) is 5.56 Å². The smallest absolute Gasteiger partial charge is 0.261 e. The minimum absolute atomic E-state index is 0.0422. The van der Waals surface area contributed by atoms with Gasteiger partial charge in [0.05, 0.1) is 15.9 Å². The summed E-state index contributed by atoms with van der Waals surface area (Å²) in [6.45, 7) is 0.595. The Morgan fingerprint density at radius 1 is 1.17 bits per heavy atom. The number of rotatable bonds is 1. The number of aromatic nitrogens is 2. The third-order valence-corrected chi connectivity index (χ3v) is 4.66. The highest BCUT2D eigenvalue weighted by molar-refractivity contribution is 6.32. The maximum absolute atomic E-state index is 12.6. The van der Waals surface area contributed by atoms with Crippen molar-refractivity contribution in [3.05, 3.63) is 68.2 Å². The van der Waals surface area contributed by atoms with Crippen molar-refractivity contribution in [3.63, 3.8) is 0 Å². The van der Waals surface area contributed by atoms with Crippen molar-refractivity contribution in [2.75, 3.05) is 0 Å². The first-order chi connectivity index (χ1) is 11.5. The van der Waals surface area contributed by atoms with Gasteiger partial charge in [-0.1, -0.05) is 29.3 Å². The van der Waals surface area contributed by atoms with Crippen LogP contribution < -0.4 is 5.56 Å². The van der Waals surface area contributed by atoms with E-state index in [1.54, 1.807) is 41.0 Å². The van der Waals surface area contributed by atoms with Crippen LogP contribution in [0.4, 0.5) is 0 Å². The highest BCUT2D eigenvalue weighted by Gasteiger charge is 2.21. The normalized spacial score (nSPS) is 15.2. The van der Waals surface area contributed by atoms with Crippen LogP contribution in [0.1, 0.15) is 17.8 Å². The molecule has 0 amide bonds. The van der Waals surface area contributed by atoms with Gasteiger partial charge in [0, 0.05) is 11.6 Å². The standard InChI is InChI=1S/C18H12Cl2N2O2/c19-12-2-3-13-15(9-12)21-17-11(5-6-22(17)18(13)24)7-10-1-4-16(23)14(20)8-10/h1-4,7-9,23H,5-6H2. The van der Waals surface area contributed by atoms with Crippen LogP contribution in [0.15, 0.2) is 41.2 Å². The van der Waals surface area contributed by atoms with Gasteiger partial charge in [0.15, 0.2) is 0 Å². The number of phenols is 1. The number of halogens is 2. The lowest BCUT2D eigenvalue weighted by molar-refractivity contribution is 0.475. The van der Waals surface area contributed by atoms with Gasteiger partial charge in [-0.25, -0.2) is 4.98 Å². The predicted octanol–water partition coefficient (Wildman–Crippen LogP) is 4.35. The van der Waals surface area contributed by atoms with Crippen LogP contribution in [0, 0.1) is 0 Å². The molecule has 0 unspecified atom stereocenters. The van der Waals surface area contributed by atoms with E-state index in [4.69, 9.17) is 23.2 Å². The molecule has 1 aromatic heterocycles. The quantitative estimate of drug-likeness (QED) is 0.703. The maximum Gasteiger partial charge on any atom is 0.261 e. The number of aromatic hydroxyl groups is 1. The lowest BCUT2D eigenvalue weighted by Gasteiger charge is -2.06. The summed E-state index contributed by atoms with van der Waals surface area (Å²) < 4.78 is 1.68. The molecule has 0 bridgehead atoms. The second-order valence-corrected chi connectivity index (χ2v) is 6.53. The van der Waals surface area contributed by atoms with E-state index in [9.17, 15) is 9.90 Å². The monoisotopic (exact) mass is 358 g/mol. The van der Waals surface area contributed by atoms with Gasteiger partial charge in [0.2, 0.25) is 0 Å². The van der Waals surface area contributed by atoms with E-state index in [-0.39, 0.29) is 16.3 Å². The highest BCUT2D eigenvalue weighted by atomic mass is 35.5. The van der Waals surface area contributed by atoms with E-state index in [2.05, 4.69) is 4.98 Å². The topological polar surface area (TPSA) is 55.1 Å². The number of allylic oxidation sites excluding steroid dienone is 1. The van der Waals surface area contributed by atoms with Gasteiger partial charge in [-0.05, 0) is 54.0 Å². The first-order valence-corrected chi connectivity index (χ1v) is 8.18. The van der Waals surface area contributed by atoms with Crippen LogP contribution in [0.25, 0.3) is 22.6 Å². The summed E-state index contributed by atoms with van der Waals surface area (Å²) in [4.78, 5) is 17.2. The van der Waals surface area contributed by atoms with Crippen molar-refractivity contribution in [3.8, 4) is 5.75 Å². The van der Waals surface area contributed by atoms with Crippen LogP contribution in [0.2, 0.25) is 10.0 Å². The van der Waals surface area contributed by atoms with Crippen LogP contribution >= 0.6 is 23.2 Å². The fourth-order valence-corrected chi connectivity index (χ4v) is 3.30. The Kier molecular flexibility index (Phi) is 3.59. The van der Waals surface area contributed by atoms with Crippen molar-refractivity contribution >= 4 is 45.8 Å². The molecule has 1 aliphatic rings. The first kappa shape index (κ1) is 15.2. The summed E-state index contributed by atoms with van der Waals surface area (Å²) in [5.41, 5.74) is 2.34. The largest absolute Gasteiger partial charge is 0.506 e. The molecule has 120 valence electrons. The van der Waals surface area contributed by atoms with E-state index in [0.29, 0.717) is 34.7 Å². The number of hydrogen-bond donors (Lipinski definition) is 1. The van der Waals surface area contributed by atoms with Gasteiger partial charge in [-0.3, -0.25) is 9.36 Å². The summed E-state index contributed by atoms with van der Waals surface area (Å²) in [5.74, 6) is 0.694. The van der Waals surface area contributed by atoms with Gasteiger partial charge >= 0.3 is 0 Å².